The second kappa shape index (κ2) is 7.47. The minimum atomic E-state index is -1.07. The molecule has 1 aromatic rings. The first-order chi connectivity index (χ1) is 11.6. The van der Waals surface area contributed by atoms with Crippen LogP contribution in [0, 0.1) is 0 Å². The van der Waals surface area contributed by atoms with Crippen LogP contribution in [-0.4, -0.2) is 54.0 Å². The molecule has 0 saturated carbocycles. The standard InChI is InChI=1S/C16H22BrN3O5/c1-16(2,3)25-15(23)19-9-5-6-20(8-9)12-10(14(21)22)7-18-13(24-4)11(12)17/h7,9H,5-6,8H2,1-4H3,(H,19,23)(H,21,22). The van der Waals surface area contributed by atoms with E-state index in [4.69, 9.17) is 9.47 Å². The van der Waals surface area contributed by atoms with Crippen molar-refractivity contribution < 1.29 is 24.2 Å². The summed E-state index contributed by atoms with van der Waals surface area (Å²) in [5, 5.41) is 12.3. The third kappa shape index (κ3) is 4.75. The fourth-order valence-electron chi connectivity index (χ4n) is 2.62. The van der Waals surface area contributed by atoms with Crippen LogP contribution in [-0.2, 0) is 4.74 Å². The summed E-state index contributed by atoms with van der Waals surface area (Å²) < 4.78 is 10.9. The Balaban J connectivity index is 2.16. The van der Waals surface area contributed by atoms with Gasteiger partial charge in [-0.15, -0.1) is 0 Å². The molecule has 1 fully saturated rings. The van der Waals surface area contributed by atoms with E-state index >= 15 is 0 Å². The fourth-order valence-corrected chi connectivity index (χ4v) is 3.35. The number of nitrogens with zero attached hydrogens (tertiary/aromatic N) is 2. The topological polar surface area (TPSA) is 101 Å². The molecule has 2 N–H and O–H groups in total. The molecular weight excluding hydrogens is 394 g/mol. The maximum atomic E-state index is 11.9. The summed E-state index contributed by atoms with van der Waals surface area (Å²) in [6, 6.07) is -0.137. The van der Waals surface area contributed by atoms with E-state index in [-0.39, 0.29) is 11.6 Å². The van der Waals surface area contributed by atoms with Crippen molar-refractivity contribution in [3.05, 3.63) is 16.2 Å². The van der Waals surface area contributed by atoms with Crippen molar-refractivity contribution in [3.63, 3.8) is 0 Å². The van der Waals surface area contributed by atoms with Crippen molar-refractivity contribution >= 4 is 33.7 Å². The van der Waals surface area contributed by atoms with E-state index in [1.807, 2.05) is 4.90 Å². The van der Waals surface area contributed by atoms with Gasteiger partial charge in [-0.25, -0.2) is 14.6 Å². The lowest BCUT2D eigenvalue weighted by Gasteiger charge is -2.24. The molecule has 9 heteroatoms. The van der Waals surface area contributed by atoms with Gasteiger partial charge in [-0.1, -0.05) is 0 Å². The zero-order chi connectivity index (χ0) is 18.8. The number of carbonyl (C=O) groups is 2. The van der Waals surface area contributed by atoms with E-state index in [0.717, 1.165) is 0 Å². The number of amides is 1. The lowest BCUT2D eigenvalue weighted by Crippen LogP contribution is -2.40. The van der Waals surface area contributed by atoms with Gasteiger partial charge in [0.15, 0.2) is 0 Å². The van der Waals surface area contributed by atoms with Gasteiger partial charge in [0, 0.05) is 19.3 Å². The molecule has 1 saturated heterocycles. The quantitative estimate of drug-likeness (QED) is 0.778. The molecule has 1 aliphatic rings. The minimum absolute atomic E-state index is 0.0746. The van der Waals surface area contributed by atoms with Crippen LogP contribution in [0.4, 0.5) is 10.5 Å². The SMILES string of the molecule is COc1ncc(C(=O)O)c(N2CCC(NC(=O)OC(C)(C)C)C2)c1Br. The maximum absolute atomic E-state index is 11.9. The molecule has 1 atom stereocenters. The lowest BCUT2D eigenvalue weighted by atomic mass is 10.2. The van der Waals surface area contributed by atoms with Gasteiger partial charge in [0.2, 0.25) is 5.88 Å². The molecule has 1 aliphatic heterocycles. The molecule has 0 aliphatic carbocycles. The second-order valence-corrected chi connectivity index (χ2v) is 7.52. The van der Waals surface area contributed by atoms with Gasteiger partial charge in [-0.2, -0.15) is 0 Å². The highest BCUT2D eigenvalue weighted by Gasteiger charge is 2.31. The number of pyridine rings is 1. The van der Waals surface area contributed by atoms with E-state index in [2.05, 4.69) is 26.2 Å². The molecule has 1 aromatic heterocycles. The number of carbonyl (C=O) groups excluding carboxylic acids is 1. The number of hydrogen-bond acceptors (Lipinski definition) is 6. The summed E-state index contributed by atoms with van der Waals surface area (Å²) in [5.74, 6) is -0.766. The molecule has 0 bridgehead atoms. The van der Waals surface area contributed by atoms with Crippen LogP contribution in [0.5, 0.6) is 5.88 Å². The number of hydrogen-bond donors (Lipinski definition) is 2. The third-order valence-corrected chi connectivity index (χ3v) is 4.33. The molecule has 1 unspecified atom stereocenters. The first-order valence-electron chi connectivity index (χ1n) is 7.82. The first kappa shape index (κ1) is 19.3. The molecule has 0 aromatic carbocycles. The predicted molar refractivity (Wildman–Crippen MR) is 95.4 cm³/mol. The summed E-state index contributed by atoms with van der Waals surface area (Å²) >= 11 is 3.38. The fraction of sp³-hybridized carbons (Fsp3) is 0.562. The number of alkyl carbamates (subject to hydrolysis) is 1. The predicted octanol–water partition coefficient (Wildman–Crippen LogP) is 2.65. The van der Waals surface area contributed by atoms with Crippen LogP contribution in [0.2, 0.25) is 0 Å². The molecule has 0 spiro atoms. The van der Waals surface area contributed by atoms with Gasteiger partial charge >= 0.3 is 12.1 Å². The molecule has 1 amide bonds. The molecule has 2 rings (SSSR count). The van der Waals surface area contributed by atoms with Crippen LogP contribution in [0.15, 0.2) is 10.7 Å². The average Bonchev–Trinajstić information content (AvgIpc) is 2.92. The van der Waals surface area contributed by atoms with E-state index in [1.165, 1.54) is 13.3 Å². The third-order valence-electron chi connectivity index (χ3n) is 3.61. The van der Waals surface area contributed by atoms with Crippen molar-refractivity contribution in [1.82, 2.24) is 10.3 Å². The number of rotatable bonds is 4. The number of carboxylic acid groups (broad SMARTS) is 1. The van der Waals surface area contributed by atoms with E-state index in [0.29, 0.717) is 35.6 Å². The number of aromatic carboxylic acids is 1. The highest BCUT2D eigenvalue weighted by molar-refractivity contribution is 9.10. The van der Waals surface area contributed by atoms with Crippen LogP contribution < -0.4 is 15.0 Å². The Morgan fingerprint density at radius 3 is 2.68 bits per heavy atom. The van der Waals surface area contributed by atoms with Crippen LogP contribution in [0.3, 0.4) is 0 Å². The first-order valence-corrected chi connectivity index (χ1v) is 8.62. The number of halogens is 1. The number of methoxy groups -OCH3 is 1. The minimum Gasteiger partial charge on any atom is -0.480 e. The Bertz CT molecular complexity index is 674. The maximum Gasteiger partial charge on any atom is 0.407 e. The number of anilines is 1. The summed E-state index contributed by atoms with van der Waals surface area (Å²) in [7, 11) is 1.47. The van der Waals surface area contributed by atoms with Gasteiger partial charge < -0.3 is 24.8 Å². The summed E-state index contributed by atoms with van der Waals surface area (Å²) in [5.41, 5.74) is -0.00111. The Kier molecular flexibility index (Phi) is 5.76. The zero-order valence-electron chi connectivity index (χ0n) is 14.6. The zero-order valence-corrected chi connectivity index (χ0v) is 16.2. The Morgan fingerprint density at radius 1 is 1.44 bits per heavy atom. The van der Waals surface area contributed by atoms with Crippen molar-refractivity contribution in [2.45, 2.75) is 38.8 Å². The van der Waals surface area contributed by atoms with Crippen LogP contribution in [0.25, 0.3) is 0 Å². The van der Waals surface area contributed by atoms with Gasteiger partial charge in [0.05, 0.1) is 18.8 Å². The number of nitrogens with one attached hydrogen (secondary N) is 1. The van der Waals surface area contributed by atoms with Gasteiger partial charge in [0.1, 0.15) is 15.6 Å². The molecule has 2 heterocycles. The van der Waals surface area contributed by atoms with Crippen molar-refractivity contribution in [1.29, 1.82) is 0 Å². The summed E-state index contributed by atoms with van der Waals surface area (Å²) in [4.78, 5) is 29.3. The number of ether oxygens (including phenoxy) is 2. The van der Waals surface area contributed by atoms with E-state index in [9.17, 15) is 14.7 Å². The highest BCUT2D eigenvalue weighted by atomic mass is 79.9. The molecule has 0 radical (unpaired) electrons. The largest absolute Gasteiger partial charge is 0.480 e. The second-order valence-electron chi connectivity index (χ2n) is 6.73. The van der Waals surface area contributed by atoms with Gasteiger partial charge in [-0.3, -0.25) is 0 Å². The molecule has 25 heavy (non-hydrogen) atoms. The molecule has 8 nitrogen and oxygen atoms in total. The van der Waals surface area contributed by atoms with Crippen molar-refractivity contribution in [2.24, 2.45) is 0 Å². The Labute approximate surface area is 154 Å². The molecule has 138 valence electrons. The molecular formula is C16H22BrN3O5. The number of carboxylic acids is 1. The van der Waals surface area contributed by atoms with Gasteiger partial charge in [-0.05, 0) is 43.1 Å². The monoisotopic (exact) mass is 415 g/mol. The normalized spacial score (nSPS) is 17.3. The Hall–Kier alpha value is -2.03. The van der Waals surface area contributed by atoms with E-state index in [1.54, 1.807) is 20.8 Å². The summed E-state index contributed by atoms with van der Waals surface area (Å²) in [6.07, 6.45) is 1.47. The van der Waals surface area contributed by atoms with Crippen LogP contribution >= 0.6 is 15.9 Å². The lowest BCUT2D eigenvalue weighted by molar-refractivity contribution is 0.0508. The smallest absolute Gasteiger partial charge is 0.407 e. The van der Waals surface area contributed by atoms with Crippen molar-refractivity contribution in [3.8, 4) is 5.88 Å². The highest BCUT2D eigenvalue weighted by Crippen LogP contribution is 2.37. The Morgan fingerprint density at radius 2 is 2.12 bits per heavy atom. The van der Waals surface area contributed by atoms with Crippen molar-refractivity contribution in [2.75, 3.05) is 25.1 Å². The average molecular weight is 416 g/mol. The van der Waals surface area contributed by atoms with E-state index < -0.39 is 17.7 Å². The van der Waals surface area contributed by atoms with Gasteiger partial charge in [0.25, 0.3) is 0 Å². The number of aromatic nitrogens is 1. The summed E-state index contributed by atoms with van der Waals surface area (Å²) in [6.45, 7) is 6.45. The van der Waals surface area contributed by atoms with Crippen LogP contribution in [0.1, 0.15) is 37.6 Å².